The van der Waals surface area contributed by atoms with E-state index >= 15 is 0 Å². The summed E-state index contributed by atoms with van der Waals surface area (Å²) < 4.78 is 32.9. The molecule has 0 aliphatic heterocycles. The van der Waals surface area contributed by atoms with Crippen molar-refractivity contribution >= 4 is 27.3 Å². The number of carbonyl (C=O) groups is 1. The maximum atomic E-state index is 13.1. The second kappa shape index (κ2) is 9.00. The molecule has 3 rings (SSSR count). The van der Waals surface area contributed by atoms with Gasteiger partial charge in [0.2, 0.25) is 0 Å². The highest BCUT2D eigenvalue weighted by Gasteiger charge is 2.23. The van der Waals surface area contributed by atoms with Crippen molar-refractivity contribution in [1.29, 1.82) is 0 Å². The number of ether oxygens (including phenoxy) is 1. The van der Waals surface area contributed by atoms with Gasteiger partial charge >= 0.3 is 0 Å². The molecule has 0 fully saturated rings. The number of sulfonamides is 1. The lowest BCUT2D eigenvalue weighted by atomic mass is 10.2. The highest BCUT2D eigenvalue weighted by molar-refractivity contribution is 7.92. The second-order valence-electron chi connectivity index (χ2n) is 6.70. The summed E-state index contributed by atoms with van der Waals surface area (Å²) in [4.78, 5) is 12.7. The summed E-state index contributed by atoms with van der Waals surface area (Å²) in [7, 11) is -2.32. The summed E-state index contributed by atoms with van der Waals surface area (Å²) in [5, 5.41) is 2.78. The SMILES string of the molecule is CCOc1cccc(NC(=O)c2cccc(S(=O)(=O)N(C)c3ccccc3C)c2)c1. The van der Waals surface area contributed by atoms with Crippen molar-refractivity contribution in [3.05, 3.63) is 83.9 Å². The number of amides is 1. The maximum absolute atomic E-state index is 13.1. The zero-order valence-electron chi connectivity index (χ0n) is 17.1. The average molecular weight is 425 g/mol. The normalized spacial score (nSPS) is 11.0. The number of anilines is 2. The third-order valence-electron chi connectivity index (χ3n) is 4.61. The molecule has 1 N–H and O–H groups in total. The summed E-state index contributed by atoms with van der Waals surface area (Å²) in [5.74, 6) is 0.241. The van der Waals surface area contributed by atoms with Crippen LogP contribution in [-0.2, 0) is 10.0 Å². The molecule has 0 bridgehead atoms. The molecule has 0 aromatic heterocycles. The van der Waals surface area contributed by atoms with E-state index in [-0.39, 0.29) is 10.5 Å². The fraction of sp³-hybridized carbons (Fsp3) is 0.174. The van der Waals surface area contributed by atoms with E-state index in [4.69, 9.17) is 4.74 Å². The van der Waals surface area contributed by atoms with E-state index < -0.39 is 15.9 Å². The minimum absolute atomic E-state index is 0.0453. The lowest BCUT2D eigenvalue weighted by Gasteiger charge is -2.21. The molecule has 0 spiro atoms. The van der Waals surface area contributed by atoms with Crippen molar-refractivity contribution in [2.24, 2.45) is 0 Å². The number of hydrogen-bond acceptors (Lipinski definition) is 4. The number of carbonyl (C=O) groups excluding carboxylic acids is 1. The molecule has 0 radical (unpaired) electrons. The standard InChI is InChI=1S/C23H24N2O4S/c1-4-29-20-12-8-11-19(16-20)24-23(26)18-10-7-13-21(15-18)30(27,28)25(3)22-14-6-5-9-17(22)2/h5-16H,4H2,1-3H3,(H,24,26). The lowest BCUT2D eigenvalue weighted by Crippen LogP contribution is -2.27. The minimum Gasteiger partial charge on any atom is -0.494 e. The topological polar surface area (TPSA) is 75.7 Å². The van der Waals surface area contributed by atoms with Crippen LogP contribution in [0, 0.1) is 6.92 Å². The summed E-state index contributed by atoms with van der Waals surface area (Å²) in [6, 6.07) is 20.3. The number of benzene rings is 3. The van der Waals surface area contributed by atoms with Gasteiger partial charge in [-0.1, -0.05) is 30.3 Å². The van der Waals surface area contributed by atoms with Crippen LogP contribution in [0.15, 0.2) is 77.7 Å². The van der Waals surface area contributed by atoms with Gasteiger partial charge in [-0.15, -0.1) is 0 Å². The van der Waals surface area contributed by atoms with E-state index in [2.05, 4.69) is 5.32 Å². The molecule has 0 unspecified atom stereocenters. The molecular weight excluding hydrogens is 400 g/mol. The van der Waals surface area contributed by atoms with Gasteiger partial charge in [0.15, 0.2) is 0 Å². The van der Waals surface area contributed by atoms with Crippen molar-refractivity contribution < 1.29 is 17.9 Å². The van der Waals surface area contributed by atoms with Gasteiger partial charge in [-0.3, -0.25) is 9.10 Å². The van der Waals surface area contributed by atoms with Crippen molar-refractivity contribution in [2.75, 3.05) is 23.3 Å². The number of para-hydroxylation sites is 1. The van der Waals surface area contributed by atoms with Gasteiger partial charge in [0.1, 0.15) is 5.75 Å². The summed E-state index contributed by atoms with van der Waals surface area (Å²) >= 11 is 0. The Bertz CT molecular complexity index is 1160. The Hall–Kier alpha value is -3.32. The fourth-order valence-electron chi connectivity index (χ4n) is 3.04. The largest absolute Gasteiger partial charge is 0.494 e. The van der Waals surface area contributed by atoms with Crippen LogP contribution >= 0.6 is 0 Å². The predicted molar refractivity (Wildman–Crippen MR) is 119 cm³/mol. The van der Waals surface area contributed by atoms with E-state index in [0.717, 1.165) is 5.56 Å². The first-order valence-corrected chi connectivity index (χ1v) is 11.0. The minimum atomic E-state index is -3.82. The van der Waals surface area contributed by atoms with Crippen LogP contribution in [0.25, 0.3) is 0 Å². The number of rotatable bonds is 7. The zero-order valence-corrected chi connectivity index (χ0v) is 17.9. The van der Waals surface area contributed by atoms with Gasteiger partial charge in [0.05, 0.1) is 17.2 Å². The van der Waals surface area contributed by atoms with Gasteiger partial charge in [-0.2, -0.15) is 0 Å². The molecule has 0 aliphatic rings. The molecule has 0 saturated heterocycles. The Labute approximate surface area is 177 Å². The Morgan fingerprint density at radius 3 is 2.47 bits per heavy atom. The maximum Gasteiger partial charge on any atom is 0.264 e. The van der Waals surface area contributed by atoms with Crippen LogP contribution in [0.2, 0.25) is 0 Å². The molecule has 0 saturated carbocycles. The van der Waals surface area contributed by atoms with Gasteiger partial charge in [0, 0.05) is 24.4 Å². The Balaban J connectivity index is 1.85. The van der Waals surface area contributed by atoms with Crippen LogP contribution in [0.4, 0.5) is 11.4 Å². The highest BCUT2D eigenvalue weighted by Crippen LogP contribution is 2.26. The van der Waals surface area contributed by atoms with E-state index in [0.29, 0.717) is 23.7 Å². The van der Waals surface area contributed by atoms with Crippen molar-refractivity contribution in [1.82, 2.24) is 0 Å². The molecule has 1 amide bonds. The van der Waals surface area contributed by atoms with Gasteiger partial charge in [0.25, 0.3) is 15.9 Å². The fourth-order valence-corrected chi connectivity index (χ4v) is 4.34. The highest BCUT2D eigenvalue weighted by atomic mass is 32.2. The molecular formula is C23H24N2O4S. The number of hydrogen-bond donors (Lipinski definition) is 1. The first-order chi connectivity index (χ1) is 14.3. The quantitative estimate of drug-likeness (QED) is 0.607. The molecule has 0 aliphatic carbocycles. The molecule has 156 valence electrons. The third kappa shape index (κ3) is 4.63. The van der Waals surface area contributed by atoms with E-state index in [1.807, 2.05) is 26.0 Å². The number of nitrogens with zero attached hydrogens (tertiary/aromatic N) is 1. The van der Waals surface area contributed by atoms with Crippen molar-refractivity contribution in [3.8, 4) is 5.75 Å². The first-order valence-electron chi connectivity index (χ1n) is 9.51. The Kier molecular flexibility index (Phi) is 6.42. The first kappa shape index (κ1) is 21.4. The van der Waals surface area contributed by atoms with E-state index in [9.17, 15) is 13.2 Å². The zero-order chi connectivity index (χ0) is 21.7. The molecule has 3 aromatic carbocycles. The Morgan fingerprint density at radius 1 is 1.00 bits per heavy atom. The van der Waals surface area contributed by atoms with E-state index in [1.165, 1.54) is 23.5 Å². The van der Waals surface area contributed by atoms with Crippen LogP contribution in [-0.4, -0.2) is 28.0 Å². The van der Waals surface area contributed by atoms with Crippen LogP contribution in [0.3, 0.4) is 0 Å². The summed E-state index contributed by atoms with van der Waals surface area (Å²) in [6.07, 6.45) is 0. The monoisotopic (exact) mass is 424 g/mol. The number of aryl methyl sites for hydroxylation is 1. The molecule has 0 atom stereocenters. The van der Waals surface area contributed by atoms with Crippen LogP contribution in [0.5, 0.6) is 5.75 Å². The van der Waals surface area contributed by atoms with Crippen molar-refractivity contribution in [2.45, 2.75) is 18.7 Å². The van der Waals surface area contributed by atoms with Gasteiger partial charge in [-0.05, 0) is 55.8 Å². The molecule has 0 heterocycles. The van der Waals surface area contributed by atoms with Crippen LogP contribution < -0.4 is 14.4 Å². The molecule has 3 aromatic rings. The van der Waals surface area contributed by atoms with Crippen LogP contribution in [0.1, 0.15) is 22.8 Å². The second-order valence-corrected chi connectivity index (χ2v) is 8.67. The number of nitrogens with one attached hydrogen (secondary N) is 1. The summed E-state index contributed by atoms with van der Waals surface area (Å²) in [5.41, 5.74) is 2.24. The van der Waals surface area contributed by atoms with Crippen molar-refractivity contribution in [3.63, 3.8) is 0 Å². The predicted octanol–water partition coefficient (Wildman–Crippen LogP) is 4.47. The molecule has 7 heteroatoms. The summed E-state index contributed by atoms with van der Waals surface area (Å²) in [6.45, 7) is 4.25. The van der Waals surface area contributed by atoms with Gasteiger partial charge < -0.3 is 10.1 Å². The molecule has 6 nitrogen and oxygen atoms in total. The van der Waals surface area contributed by atoms with Gasteiger partial charge in [-0.25, -0.2) is 8.42 Å². The van der Waals surface area contributed by atoms with E-state index in [1.54, 1.807) is 48.5 Å². The Morgan fingerprint density at radius 2 is 1.73 bits per heavy atom. The smallest absolute Gasteiger partial charge is 0.264 e. The molecule has 30 heavy (non-hydrogen) atoms. The third-order valence-corrected chi connectivity index (χ3v) is 6.38. The lowest BCUT2D eigenvalue weighted by molar-refractivity contribution is 0.102. The average Bonchev–Trinajstić information content (AvgIpc) is 2.74.